The second-order valence-corrected chi connectivity index (χ2v) is 15.2. The molecule has 3 aliphatic rings. The van der Waals surface area contributed by atoms with Crippen molar-refractivity contribution in [2.75, 3.05) is 46.4 Å². The highest BCUT2D eigenvalue weighted by Gasteiger charge is 2.48. The van der Waals surface area contributed by atoms with Gasteiger partial charge in [-0.25, -0.2) is 0 Å². The molecule has 11 nitrogen and oxygen atoms in total. The summed E-state index contributed by atoms with van der Waals surface area (Å²) >= 11 is 6.19. The second kappa shape index (κ2) is 15.5. The first-order chi connectivity index (χ1) is 25.6. The van der Waals surface area contributed by atoms with Crippen molar-refractivity contribution in [3.8, 4) is 11.5 Å². The van der Waals surface area contributed by atoms with Gasteiger partial charge in [-0.05, 0) is 86.6 Å². The highest BCUT2D eigenvalue weighted by molar-refractivity contribution is 6.31. The van der Waals surface area contributed by atoms with Gasteiger partial charge in [-0.1, -0.05) is 35.9 Å². The number of benzene rings is 3. The highest BCUT2D eigenvalue weighted by atomic mass is 35.5. The summed E-state index contributed by atoms with van der Waals surface area (Å²) in [4.78, 5) is 64.1. The Balaban J connectivity index is 1.10. The molecule has 0 saturated carbocycles. The minimum Gasteiger partial charge on any atom is -0.493 e. The SMILES string of the molecule is COc1cc(C(=O)N2CC3CN(C(=O)Cc4c[nH]c5cc(Cl)ccc45)CC(C(=O)NC4CCCN(C(=O)c5ccccc5)C4)C3C2)ccc1OC(C)C. The van der Waals surface area contributed by atoms with Crippen molar-refractivity contribution in [2.24, 2.45) is 17.8 Å². The quantitative estimate of drug-likeness (QED) is 0.236. The largest absolute Gasteiger partial charge is 0.493 e. The number of amides is 4. The number of piperidine rings is 2. The molecule has 2 N–H and O–H groups in total. The molecule has 4 amide bonds. The number of ether oxygens (including phenoxy) is 2. The van der Waals surface area contributed by atoms with Gasteiger partial charge in [0.25, 0.3) is 11.8 Å². The van der Waals surface area contributed by atoms with E-state index < -0.39 is 5.92 Å². The van der Waals surface area contributed by atoms with Crippen molar-refractivity contribution in [3.05, 3.63) is 94.6 Å². The maximum Gasteiger partial charge on any atom is 0.254 e. The molecule has 0 radical (unpaired) electrons. The van der Waals surface area contributed by atoms with E-state index in [2.05, 4.69) is 10.3 Å². The van der Waals surface area contributed by atoms with Gasteiger partial charge < -0.3 is 34.5 Å². The average Bonchev–Trinajstić information content (AvgIpc) is 3.78. The third-order valence-electron chi connectivity index (χ3n) is 10.8. The Morgan fingerprint density at radius 2 is 1.64 bits per heavy atom. The molecule has 4 aromatic rings. The van der Waals surface area contributed by atoms with Crippen LogP contribution in [0.2, 0.25) is 5.02 Å². The summed E-state index contributed by atoms with van der Waals surface area (Å²) in [6.45, 7) is 6.39. The first-order valence-electron chi connectivity index (χ1n) is 18.4. The maximum absolute atomic E-state index is 14.3. The number of halogens is 1. The van der Waals surface area contributed by atoms with Crippen LogP contribution in [0.15, 0.2) is 72.9 Å². The van der Waals surface area contributed by atoms with Crippen molar-refractivity contribution in [3.63, 3.8) is 0 Å². The van der Waals surface area contributed by atoms with E-state index in [9.17, 15) is 19.2 Å². The molecule has 0 bridgehead atoms. The Labute approximate surface area is 314 Å². The smallest absolute Gasteiger partial charge is 0.254 e. The molecule has 4 unspecified atom stereocenters. The number of likely N-dealkylation sites (tertiary alicyclic amines) is 3. The first-order valence-corrected chi connectivity index (χ1v) is 18.8. The Morgan fingerprint density at radius 1 is 0.868 bits per heavy atom. The molecular formula is C41H46ClN5O6. The van der Waals surface area contributed by atoms with Crippen molar-refractivity contribution in [1.82, 2.24) is 25.0 Å². The molecule has 3 saturated heterocycles. The lowest BCUT2D eigenvalue weighted by Crippen LogP contribution is -2.56. The van der Waals surface area contributed by atoms with Crippen LogP contribution in [0.4, 0.5) is 0 Å². The first kappa shape index (κ1) is 36.3. The Morgan fingerprint density at radius 3 is 2.42 bits per heavy atom. The summed E-state index contributed by atoms with van der Waals surface area (Å²) in [7, 11) is 1.55. The molecule has 7 rings (SSSR count). The van der Waals surface area contributed by atoms with Crippen LogP contribution in [0.1, 0.15) is 53.0 Å². The number of hydrogen-bond acceptors (Lipinski definition) is 6. The maximum atomic E-state index is 14.3. The monoisotopic (exact) mass is 739 g/mol. The molecule has 4 heterocycles. The number of aromatic amines is 1. The summed E-state index contributed by atoms with van der Waals surface area (Å²) < 4.78 is 11.4. The number of nitrogens with one attached hydrogen (secondary N) is 2. The van der Waals surface area contributed by atoms with Crippen LogP contribution in [0.3, 0.4) is 0 Å². The normalized spacial score (nSPS) is 21.4. The minimum atomic E-state index is -0.533. The zero-order valence-corrected chi connectivity index (χ0v) is 31.1. The van der Waals surface area contributed by atoms with E-state index in [0.717, 1.165) is 29.3 Å². The van der Waals surface area contributed by atoms with Crippen molar-refractivity contribution < 1.29 is 28.7 Å². The number of fused-ring (bicyclic) bond motifs is 2. The van der Waals surface area contributed by atoms with E-state index in [1.165, 1.54) is 0 Å². The predicted molar refractivity (Wildman–Crippen MR) is 202 cm³/mol. The molecule has 0 spiro atoms. The van der Waals surface area contributed by atoms with E-state index in [-0.39, 0.29) is 60.6 Å². The van der Waals surface area contributed by atoms with Crippen LogP contribution in [0.5, 0.6) is 11.5 Å². The number of carbonyl (C=O) groups is 4. The van der Waals surface area contributed by atoms with E-state index in [4.69, 9.17) is 21.1 Å². The second-order valence-electron chi connectivity index (χ2n) is 14.7. The number of hydrogen-bond donors (Lipinski definition) is 2. The van der Waals surface area contributed by atoms with Crippen LogP contribution in [-0.2, 0) is 16.0 Å². The zero-order valence-electron chi connectivity index (χ0n) is 30.3. The third kappa shape index (κ3) is 7.85. The molecule has 4 atom stereocenters. The molecule has 3 aromatic carbocycles. The van der Waals surface area contributed by atoms with Crippen LogP contribution < -0.4 is 14.8 Å². The molecule has 1 aromatic heterocycles. The van der Waals surface area contributed by atoms with E-state index >= 15 is 0 Å². The van der Waals surface area contributed by atoms with Crippen LogP contribution in [-0.4, -0.2) is 102 Å². The fraction of sp³-hybridized carbons (Fsp3) is 0.415. The Kier molecular flexibility index (Phi) is 10.6. The molecule has 3 fully saturated rings. The van der Waals surface area contributed by atoms with Crippen molar-refractivity contribution in [1.29, 1.82) is 0 Å². The van der Waals surface area contributed by atoms with Gasteiger partial charge in [0.2, 0.25) is 11.8 Å². The van der Waals surface area contributed by atoms with Crippen LogP contribution in [0, 0.1) is 17.8 Å². The van der Waals surface area contributed by atoms with Gasteiger partial charge in [-0.3, -0.25) is 19.2 Å². The number of rotatable bonds is 9. The fourth-order valence-corrected chi connectivity index (χ4v) is 8.36. The molecular weight excluding hydrogens is 694 g/mol. The summed E-state index contributed by atoms with van der Waals surface area (Å²) in [5.74, 6) is -0.180. The van der Waals surface area contributed by atoms with Crippen LogP contribution >= 0.6 is 11.6 Å². The summed E-state index contributed by atoms with van der Waals surface area (Å²) in [5.41, 5.74) is 2.80. The molecule has 0 aliphatic carbocycles. The van der Waals surface area contributed by atoms with Gasteiger partial charge in [0, 0.05) is 78.6 Å². The van der Waals surface area contributed by atoms with Gasteiger partial charge in [0.15, 0.2) is 11.5 Å². The fourth-order valence-electron chi connectivity index (χ4n) is 8.19. The minimum absolute atomic E-state index is 0.0519. The van der Waals surface area contributed by atoms with Gasteiger partial charge in [-0.15, -0.1) is 0 Å². The van der Waals surface area contributed by atoms with Gasteiger partial charge in [0.05, 0.1) is 25.6 Å². The number of nitrogens with zero attached hydrogens (tertiary/aromatic N) is 3. The summed E-state index contributed by atoms with van der Waals surface area (Å²) in [5, 5.41) is 4.80. The topological polar surface area (TPSA) is 124 Å². The lowest BCUT2D eigenvalue weighted by Gasteiger charge is -2.41. The van der Waals surface area contributed by atoms with E-state index in [1.807, 2.05) is 56.4 Å². The number of carbonyl (C=O) groups excluding carboxylic acids is 4. The Hall–Kier alpha value is -5.03. The number of methoxy groups -OCH3 is 1. The van der Waals surface area contributed by atoms with Gasteiger partial charge in [0.1, 0.15) is 0 Å². The van der Waals surface area contributed by atoms with Gasteiger partial charge in [-0.2, -0.15) is 0 Å². The molecule has 53 heavy (non-hydrogen) atoms. The standard InChI is InChI=1S/C41H46ClN5O6/c1-25(2)53-36-14-11-27(16-37(36)52-3)41(51)47-21-29-20-46(38(48)17-28-19-43-35-18-30(42)12-13-32(28)35)24-34(33(29)23-47)39(49)44-31-10-7-15-45(22-31)40(50)26-8-5-4-6-9-26/h4-6,8-9,11-14,16,18-19,25,29,31,33-34,43H,7,10,15,17,20-24H2,1-3H3,(H,44,49). The predicted octanol–water partition coefficient (Wildman–Crippen LogP) is 5.43. The molecule has 278 valence electrons. The zero-order chi connectivity index (χ0) is 37.2. The highest BCUT2D eigenvalue weighted by Crippen LogP contribution is 2.38. The van der Waals surface area contributed by atoms with Gasteiger partial charge >= 0.3 is 0 Å². The number of H-pyrrole nitrogens is 1. The summed E-state index contributed by atoms with van der Waals surface area (Å²) in [6.07, 6.45) is 3.47. The van der Waals surface area contributed by atoms with Crippen LogP contribution in [0.25, 0.3) is 10.9 Å². The van der Waals surface area contributed by atoms with E-state index in [1.54, 1.807) is 52.1 Å². The molecule has 3 aliphatic heterocycles. The third-order valence-corrected chi connectivity index (χ3v) is 11.0. The van der Waals surface area contributed by atoms with E-state index in [0.29, 0.717) is 60.4 Å². The average molecular weight is 740 g/mol. The Bertz CT molecular complexity index is 2000. The van der Waals surface area contributed by atoms with Crippen molar-refractivity contribution >= 4 is 46.1 Å². The van der Waals surface area contributed by atoms with Crippen molar-refractivity contribution in [2.45, 2.75) is 45.3 Å². The number of aromatic nitrogens is 1. The lowest BCUT2D eigenvalue weighted by atomic mass is 9.79. The molecule has 12 heteroatoms. The lowest BCUT2D eigenvalue weighted by molar-refractivity contribution is -0.138. The summed E-state index contributed by atoms with van der Waals surface area (Å²) in [6, 6.07) is 19.7.